The van der Waals surface area contributed by atoms with Crippen LogP contribution < -0.4 is 4.74 Å². The Morgan fingerprint density at radius 3 is 2.25 bits per heavy atom. The first-order chi connectivity index (χ1) is 7.21. The summed E-state index contributed by atoms with van der Waals surface area (Å²) in [6, 6.07) is 1.82. The molecule has 0 aliphatic rings. The summed E-state index contributed by atoms with van der Waals surface area (Å²) in [6.07, 6.45) is -4.79. The lowest BCUT2D eigenvalue weighted by Gasteiger charge is -2.15. The Balaban J connectivity index is 3.33. The zero-order valence-electron chi connectivity index (χ0n) is 7.91. The molecule has 1 nitrogen and oxygen atoms in total. The molecule has 0 aliphatic heterocycles. The van der Waals surface area contributed by atoms with Gasteiger partial charge in [-0.3, -0.25) is 0 Å². The summed E-state index contributed by atoms with van der Waals surface area (Å²) in [5.74, 6) is -1.05. The highest BCUT2D eigenvalue weighted by Crippen LogP contribution is 2.41. The van der Waals surface area contributed by atoms with Crippen LogP contribution in [0.25, 0.3) is 0 Å². The van der Waals surface area contributed by atoms with Crippen LogP contribution in [0.3, 0.4) is 0 Å². The summed E-state index contributed by atoms with van der Waals surface area (Å²) >= 11 is 5.43. The Bertz CT molecular complexity index is 388. The topological polar surface area (TPSA) is 9.23 Å². The summed E-state index contributed by atoms with van der Waals surface area (Å²) in [7, 11) is 0. The maximum Gasteiger partial charge on any atom is 0.420 e. The van der Waals surface area contributed by atoms with Gasteiger partial charge in [0.05, 0.1) is 10.6 Å². The van der Waals surface area contributed by atoms with Gasteiger partial charge < -0.3 is 4.74 Å². The molecule has 7 heteroatoms. The van der Waals surface area contributed by atoms with Crippen LogP contribution in [0.2, 0.25) is 5.02 Å². The largest absolute Gasteiger partial charge is 0.433 e. The van der Waals surface area contributed by atoms with Gasteiger partial charge in [-0.05, 0) is 24.6 Å². The van der Waals surface area contributed by atoms with Gasteiger partial charge in [-0.2, -0.15) is 22.0 Å². The van der Waals surface area contributed by atoms with Crippen LogP contribution in [-0.4, -0.2) is 6.61 Å². The number of aryl methyl sites for hydroxylation is 1. The van der Waals surface area contributed by atoms with E-state index in [-0.39, 0.29) is 5.56 Å². The van der Waals surface area contributed by atoms with Crippen LogP contribution in [0.15, 0.2) is 12.1 Å². The number of ether oxygens (including phenoxy) is 1. The predicted octanol–water partition coefficient (Wildman–Crippen LogP) is 4.27. The van der Waals surface area contributed by atoms with Crippen molar-refractivity contribution < 1.29 is 26.7 Å². The first-order valence-electron chi connectivity index (χ1n) is 4.04. The van der Waals surface area contributed by atoms with E-state index >= 15 is 0 Å². The average Bonchev–Trinajstić information content (AvgIpc) is 2.06. The molecule has 16 heavy (non-hydrogen) atoms. The summed E-state index contributed by atoms with van der Waals surface area (Å²) in [5.41, 5.74) is -1.10. The van der Waals surface area contributed by atoms with Crippen molar-refractivity contribution >= 4 is 11.6 Å². The summed E-state index contributed by atoms with van der Waals surface area (Å²) in [4.78, 5) is 0. The molecule has 0 aromatic heterocycles. The second-order valence-corrected chi connectivity index (χ2v) is 3.41. The van der Waals surface area contributed by atoms with E-state index in [0.717, 1.165) is 6.07 Å². The molecule has 0 spiro atoms. The van der Waals surface area contributed by atoms with Crippen LogP contribution >= 0.6 is 11.6 Å². The normalized spacial score (nSPS) is 12.0. The van der Waals surface area contributed by atoms with Crippen molar-refractivity contribution in [2.75, 3.05) is 0 Å². The molecule has 0 saturated heterocycles. The molecule has 0 atom stereocenters. The molecule has 1 rings (SSSR count). The standard InChI is InChI=1S/C9H6ClF5O/c1-4-2-5(9(13,14)15)7(6(10)3-4)16-8(11)12/h2-3,8H,1H3. The lowest BCUT2D eigenvalue weighted by molar-refractivity contribution is -0.141. The Labute approximate surface area is 92.8 Å². The zero-order chi connectivity index (χ0) is 12.5. The van der Waals surface area contributed by atoms with E-state index in [1.54, 1.807) is 0 Å². The van der Waals surface area contributed by atoms with Crippen LogP contribution in [0.4, 0.5) is 22.0 Å². The Morgan fingerprint density at radius 2 is 1.81 bits per heavy atom. The third-order valence-corrected chi connectivity index (χ3v) is 1.98. The van der Waals surface area contributed by atoms with E-state index < -0.39 is 29.1 Å². The summed E-state index contributed by atoms with van der Waals surface area (Å²) in [5, 5.41) is -0.493. The SMILES string of the molecule is Cc1cc(Cl)c(OC(F)F)c(C(F)(F)F)c1. The molecule has 0 heterocycles. The minimum atomic E-state index is -4.79. The first-order valence-corrected chi connectivity index (χ1v) is 4.41. The second-order valence-electron chi connectivity index (χ2n) is 3.00. The van der Waals surface area contributed by atoms with Crippen molar-refractivity contribution in [2.24, 2.45) is 0 Å². The fraction of sp³-hybridized carbons (Fsp3) is 0.333. The van der Waals surface area contributed by atoms with Gasteiger partial charge in [0.2, 0.25) is 0 Å². The van der Waals surface area contributed by atoms with Gasteiger partial charge in [0.15, 0.2) is 5.75 Å². The van der Waals surface area contributed by atoms with Crippen molar-refractivity contribution in [3.8, 4) is 5.75 Å². The minimum Gasteiger partial charge on any atom is -0.433 e. The Kier molecular flexibility index (Phi) is 3.62. The van der Waals surface area contributed by atoms with Gasteiger partial charge in [-0.1, -0.05) is 11.6 Å². The lowest BCUT2D eigenvalue weighted by Crippen LogP contribution is -2.12. The van der Waals surface area contributed by atoms with Gasteiger partial charge >= 0.3 is 12.8 Å². The molecule has 0 radical (unpaired) electrons. The van der Waals surface area contributed by atoms with Gasteiger partial charge in [0.1, 0.15) is 0 Å². The molecule has 1 aromatic carbocycles. The molecule has 0 N–H and O–H groups in total. The lowest BCUT2D eigenvalue weighted by atomic mass is 10.1. The van der Waals surface area contributed by atoms with E-state index in [4.69, 9.17) is 11.6 Å². The van der Waals surface area contributed by atoms with Crippen LogP contribution in [0.5, 0.6) is 5.75 Å². The van der Waals surface area contributed by atoms with Crippen LogP contribution in [0.1, 0.15) is 11.1 Å². The molecule has 0 fully saturated rings. The van der Waals surface area contributed by atoms with E-state index in [0.29, 0.717) is 6.07 Å². The average molecular weight is 261 g/mol. The first kappa shape index (κ1) is 13.0. The van der Waals surface area contributed by atoms with Crippen molar-refractivity contribution in [1.82, 2.24) is 0 Å². The molecular weight excluding hydrogens is 255 g/mol. The smallest absolute Gasteiger partial charge is 0.420 e. The molecule has 0 aliphatic carbocycles. The molecule has 0 bridgehead atoms. The van der Waals surface area contributed by atoms with Gasteiger partial charge in [-0.15, -0.1) is 0 Å². The number of halogens is 6. The molecule has 0 unspecified atom stereocenters. The molecule has 1 aromatic rings. The van der Waals surface area contributed by atoms with E-state index in [1.807, 2.05) is 0 Å². The number of hydrogen-bond acceptors (Lipinski definition) is 1. The number of alkyl halides is 5. The highest BCUT2D eigenvalue weighted by atomic mass is 35.5. The number of benzene rings is 1. The van der Waals surface area contributed by atoms with E-state index in [2.05, 4.69) is 4.74 Å². The van der Waals surface area contributed by atoms with Crippen molar-refractivity contribution in [1.29, 1.82) is 0 Å². The Hall–Kier alpha value is -1.04. The van der Waals surface area contributed by atoms with Crippen molar-refractivity contribution in [2.45, 2.75) is 19.7 Å². The molecular formula is C9H6ClF5O. The highest BCUT2D eigenvalue weighted by Gasteiger charge is 2.36. The third kappa shape index (κ3) is 2.98. The summed E-state index contributed by atoms with van der Waals surface area (Å²) in [6.45, 7) is -1.99. The van der Waals surface area contributed by atoms with Crippen molar-refractivity contribution in [3.63, 3.8) is 0 Å². The fourth-order valence-electron chi connectivity index (χ4n) is 1.15. The quantitative estimate of drug-likeness (QED) is 0.722. The second kappa shape index (κ2) is 4.45. The monoisotopic (exact) mass is 260 g/mol. The molecule has 0 amide bonds. The van der Waals surface area contributed by atoms with Crippen LogP contribution in [-0.2, 0) is 6.18 Å². The minimum absolute atomic E-state index is 0.207. The Morgan fingerprint density at radius 1 is 1.25 bits per heavy atom. The van der Waals surface area contributed by atoms with E-state index in [9.17, 15) is 22.0 Å². The maximum absolute atomic E-state index is 12.5. The van der Waals surface area contributed by atoms with Gasteiger partial charge in [0, 0.05) is 0 Å². The van der Waals surface area contributed by atoms with Gasteiger partial charge in [-0.25, -0.2) is 0 Å². The molecule has 90 valence electrons. The predicted molar refractivity (Wildman–Crippen MR) is 47.8 cm³/mol. The third-order valence-electron chi connectivity index (χ3n) is 1.70. The number of rotatable bonds is 2. The van der Waals surface area contributed by atoms with Gasteiger partial charge in [0.25, 0.3) is 0 Å². The zero-order valence-corrected chi connectivity index (χ0v) is 8.66. The fourth-order valence-corrected chi connectivity index (χ4v) is 1.47. The number of hydrogen-bond donors (Lipinski definition) is 0. The van der Waals surface area contributed by atoms with Crippen molar-refractivity contribution in [3.05, 3.63) is 28.3 Å². The van der Waals surface area contributed by atoms with E-state index in [1.165, 1.54) is 6.92 Å². The highest BCUT2D eigenvalue weighted by molar-refractivity contribution is 6.32. The maximum atomic E-state index is 12.5. The molecule has 0 saturated carbocycles. The van der Waals surface area contributed by atoms with Crippen LogP contribution in [0, 0.1) is 6.92 Å². The summed E-state index contributed by atoms with van der Waals surface area (Å²) < 4.78 is 65.0.